The SMILES string of the molecule is c1cc2c(cc1C(c1nnnn1C1CCCCC1)N1CCOCC1)OCO2. The van der Waals surface area contributed by atoms with Crippen molar-refractivity contribution in [3.8, 4) is 11.5 Å². The van der Waals surface area contributed by atoms with E-state index in [1.807, 2.05) is 6.07 Å². The fourth-order valence-corrected chi connectivity index (χ4v) is 4.41. The number of morpholine rings is 1. The molecule has 0 amide bonds. The third-order valence-electron chi connectivity index (χ3n) is 5.81. The van der Waals surface area contributed by atoms with Gasteiger partial charge in [-0.25, -0.2) is 4.68 Å². The quantitative estimate of drug-likeness (QED) is 0.816. The van der Waals surface area contributed by atoms with Crippen molar-refractivity contribution in [3.63, 3.8) is 0 Å². The van der Waals surface area contributed by atoms with Gasteiger partial charge in [-0.2, -0.15) is 0 Å². The van der Waals surface area contributed by atoms with E-state index >= 15 is 0 Å². The highest BCUT2D eigenvalue weighted by atomic mass is 16.7. The van der Waals surface area contributed by atoms with Gasteiger partial charge in [-0.15, -0.1) is 5.10 Å². The van der Waals surface area contributed by atoms with Crippen LogP contribution in [-0.4, -0.2) is 58.2 Å². The van der Waals surface area contributed by atoms with Crippen molar-refractivity contribution in [3.05, 3.63) is 29.6 Å². The molecule has 1 saturated heterocycles. The van der Waals surface area contributed by atoms with E-state index in [2.05, 4.69) is 37.2 Å². The lowest BCUT2D eigenvalue weighted by Gasteiger charge is -2.35. The maximum atomic E-state index is 5.62. The maximum absolute atomic E-state index is 5.62. The van der Waals surface area contributed by atoms with Crippen molar-refractivity contribution in [2.75, 3.05) is 33.1 Å². The van der Waals surface area contributed by atoms with Crippen molar-refractivity contribution in [2.24, 2.45) is 0 Å². The van der Waals surface area contributed by atoms with Gasteiger partial charge in [0.2, 0.25) is 6.79 Å². The summed E-state index contributed by atoms with van der Waals surface area (Å²) in [6.07, 6.45) is 6.10. The van der Waals surface area contributed by atoms with E-state index in [1.165, 1.54) is 19.3 Å². The van der Waals surface area contributed by atoms with E-state index in [-0.39, 0.29) is 12.8 Å². The summed E-state index contributed by atoms with van der Waals surface area (Å²) in [7, 11) is 0. The van der Waals surface area contributed by atoms with Crippen molar-refractivity contribution in [1.82, 2.24) is 25.1 Å². The van der Waals surface area contributed by atoms with Crippen LogP contribution in [0.4, 0.5) is 0 Å². The molecular weight excluding hydrogens is 346 g/mol. The third-order valence-corrected chi connectivity index (χ3v) is 5.81. The predicted molar refractivity (Wildman–Crippen MR) is 96.7 cm³/mol. The van der Waals surface area contributed by atoms with E-state index in [0.717, 1.165) is 62.0 Å². The minimum atomic E-state index is -0.0136. The molecule has 1 aromatic heterocycles. The fraction of sp³-hybridized carbons (Fsp3) is 0.632. The Bertz CT molecular complexity index is 783. The second-order valence-electron chi connectivity index (χ2n) is 7.44. The van der Waals surface area contributed by atoms with Crippen molar-refractivity contribution < 1.29 is 14.2 Å². The summed E-state index contributed by atoms with van der Waals surface area (Å²) in [4.78, 5) is 2.41. The average Bonchev–Trinajstić information content (AvgIpc) is 3.39. The number of tetrazole rings is 1. The molecule has 3 aliphatic rings. The molecule has 0 radical (unpaired) electrons. The number of hydrogen-bond donors (Lipinski definition) is 0. The van der Waals surface area contributed by atoms with Gasteiger partial charge in [-0.1, -0.05) is 25.3 Å². The zero-order valence-electron chi connectivity index (χ0n) is 15.4. The van der Waals surface area contributed by atoms with E-state index in [9.17, 15) is 0 Å². The Kier molecular flexibility index (Phi) is 4.67. The normalized spacial score (nSPS) is 22.1. The number of fused-ring (bicyclic) bond motifs is 1. The van der Waals surface area contributed by atoms with Crippen LogP contribution in [0.3, 0.4) is 0 Å². The fourth-order valence-electron chi connectivity index (χ4n) is 4.41. The predicted octanol–water partition coefficient (Wildman–Crippen LogP) is 2.33. The first-order chi connectivity index (χ1) is 13.4. The summed E-state index contributed by atoms with van der Waals surface area (Å²) >= 11 is 0. The zero-order chi connectivity index (χ0) is 18.1. The number of hydrogen-bond acceptors (Lipinski definition) is 7. The summed E-state index contributed by atoms with van der Waals surface area (Å²) in [5.41, 5.74) is 1.13. The third kappa shape index (κ3) is 3.27. The zero-order valence-corrected chi connectivity index (χ0v) is 15.4. The van der Waals surface area contributed by atoms with Gasteiger partial charge in [0.15, 0.2) is 17.3 Å². The highest BCUT2D eigenvalue weighted by Crippen LogP contribution is 2.38. The lowest BCUT2D eigenvalue weighted by atomic mass is 9.95. The largest absolute Gasteiger partial charge is 0.454 e. The second-order valence-corrected chi connectivity index (χ2v) is 7.44. The van der Waals surface area contributed by atoms with Crippen LogP contribution in [0, 0.1) is 0 Å². The molecule has 0 spiro atoms. The van der Waals surface area contributed by atoms with Gasteiger partial charge in [0.25, 0.3) is 0 Å². The molecule has 0 bridgehead atoms. The van der Waals surface area contributed by atoms with E-state index in [4.69, 9.17) is 14.2 Å². The molecule has 27 heavy (non-hydrogen) atoms. The Hall–Kier alpha value is -2.19. The molecule has 8 nitrogen and oxygen atoms in total. The lowest BCUT2D eigenvalue weighted by Crippen LogP contribution is -2.41. The monoisotopic (exact) mass is 371 g/mol. The van der Waals surface area contributed by atoms with Crippen LogP contribution in [-0.2, 0) is 4.74 Å². The molecule has 1 unspecified atom stereocenters. The molecule has 3 heterocycles. The molecule has 1 aliphatic carbocycles. The molecule has 144 valence electrons. The van der Waals surface area contributed by atoms with Crippen LogP contribution < -0.4 is 9.47 Å². The van der Waals surface area contributed by atoms with Gasteiger partial charge in [-0.05, 0) is 41.0 Å². The van der Waals surface area contributed by atoms with Crippen LogP contribution in [0.15, 0.2) is 18.2 Å². The molecule has 5 rings (SSSR count). The standard InChI is InChI=1S/C19H25N5O3/c1-2-4-15(5-3-1)24-19(20-21-22-24)18(23-8-10-25-11-9-23)14-6-7-16-17(12-14)27-13-26-16/h6-7,12,15,18H,1-5,8-11,13H2. The first-order valence-electron chi connectivity index (χ1n) is 9.89. The van der Waals surface area contributed by atoms with Gasteiger partial charge in [-0.3, -0.25) is 4.90 Å². The molecule has 1 aromatic carbocycles. The number of rotatable bonds is 4. The number of nitrogens with zero attached hydrogens (tertiary/aromatic N) is 5. The summed E-state index contributed by atoms with van der Waals surface area (Å²) in [6.45, 7) is 3.45. The molecule has 1 atom stereocenters. The first-order valence-corrected chi connectivity index (χ1v) is 9.89. The molecule has 8 heteroatoms. The van der Waals surface area contributed by atoms with Gasteiger partial charge in [0.1, 0.15) is 0 Å². The Morgan fingerprint density at radius 3 is 2.67 bits per heavy atom. The van der Waals surface area contributed by atoms with Gasteiger partial charge < -0.3 is 14.2 Å². The van der Waals surface area contributed by atoms with Crippen molar-refractivity contribution >= 4 is 0 Å². The minimum Gasteiger partial charge on any atom is -0.454 e. The van der Waals surface area contributed by atoms with E-state index in [1.54, 1.807) is 0 Å². The summed E-state index contributed by atoms with van der Waals surface area (Å²) in [5, 5.41) is 12.9. The average molecular weight is 371 g/mol. The Labute approximate surface area is 158 Å². The van der Waals surface area contributed by atoms with Crippen LogP contribution in [0.5, 0.6) is 11.5 Å². The lowest BCUT2D eigenvalue weighted by molar-refractivity contribution is 0.0211. The van der Waals surface area contributed by atoms with E-state index < -0.39 is 0 Å². The highest BCUT2D eigenvalue weighted by Gasteiger charge is 2.32. The molecule has 2 aromatic rings. The number of ether oxygens (including phenoxy) is 3. The van der Waals surface area contributed by atoms with Crippen LogP contribution in [0.1, 0.15) is 55.6 Å². The second kappa shape index (κ2) is 7.44. The number of benzene rings is 1. The van der Waals surface area contributed by atoms with E-state index in [0.29, 0.717) is 6.04 Å². The maximum Gasteiger partial charge on any atom is 0.231 e. The van der Waals surface area contributed by atoms with Crippen molar-refractivity contribution in [2.45, 2.75) is 44.2 Å². The van der Waals surface area contributed by atoms with Gasteiger partial charge in [0, 0.05) is 13.1 Å². The van der Waals surface area contributed by atoms with Crippen LogP contribution in [0.25, 0.3) is 0 Å². The molecule has 2 fully saturated rings. The van der Waals surface area contributed by atoms with Gasteiger partial charge >= 0.3 is 0 Å². The van der Waals surface area contributed by atoms with Crippen LogP contribution >= 0.6 is 0 Å². The van der Waals surface area contributed by atoms with Crippen LogP contribution in [0.2, 0.25) is 0 Å². The summed E-state index contributed by atoms with van der Waals surface area (Å²) < 4.78 is 18.8. The molecule has 2 aliphatic heterocycles. The molecule has 1 saturated carbocycles. The highest BCUT2D eigenvalue weighted by molar-refractivity contribution is 5.46. The Morgan fingerprint density at radius 2 is 1.81 bits per heavy atom. The number of aromatic nitrogens is 4. The summed E-state index contributed by atoms with van der Waals surface area (Å²) in [5.74, 6) is 2.51. The molecular formula is C19H25N5O3. The smallest absolute Gasteiger partial charge is 0.231 e. The Morgan fingerprint density at radius 1 is 1.00 bits per heavy atom. The van der Waals surface area contributed by atoms with Crippen molar-refractivity contribution in [1.29, 1.82) is 0 Å². The van der Waals surface area contributed by atoms with Gasteiger partial charge in [0.05, 0.1) is 25.3 Å². The topological polar surface area (TPSA) is 74.5 Å². The first kappa shape index (κ1) is 16.9. The Balaban J connectivity index is 1.53. The summed E-state index contributed by atoms with van der Waals surface area (Å²) in [6, 6.07) is 6.54. The molecule has 0 N–H and O–H groups in total. The minimum absolute atomic E-state index is 0.0136.